The fourth-order valence-corrected chi connectivity index (χ4v) is 4.16. The number of benzene rings is 2. The summed E-state index contributed by atoms with van der Waals surface area (Å²) in [7, 11) is 0. The van der Waals surface area contributed by atoms with Crippen molar-refractivity contribution in [2.24, 2.45) is 0 Å². The summed E-state index contributed by atoms with van der Waals surface area (Å²) in [5, 5.41) is 0. The molecular weight excluding hydrogens is 323 g/mol. The van der Waals surface area contributed by atoms with Crippen LogP contribution in [-0.2, 0) is 10.8 Å². The van der Waals surface area contributed by atoms with Crippen molar-refractivity contribution in [1.82, 2.24) is 4.57 Å². The van der Waals surface area contributed by atoms with Crippen LogP contribution in [0.3, 0.4) is 0 Å². The van der Waals surface area contributed by atoms with Gasteiger partial charge in [0, 0.05) is 11.6 Å². The minimum Gasteiger partial charge on any atom is -0.298 e. The van der Waals surface area contributed by atoms with Crippen LogP contribution in [0.2, 0.25) is 0 Å². The van der Waals surface area contributed by atoms with E-state index in [0.29, 0.717) is 0 Å². The van der Waals surface area contributed by atoms with Crippen LogP contribution in [0.15, 0.2) is 42.6 Å². The Labute approximate surface area is 154 Å². The van der Waals surface area contributed by atoms with Crippen LogP contribution in [0.5, 0.6) is 0 Å². The van der Waals surface area contributed by atoms with Gasteiger partial charge in [-0.3, -0.25) is 9.13 Å². The molecule has 0 saturated carbocycles. The molecule has 0 bridgehead atoms. The van der Waals surface area contributed by atoms with Gasteiger partial charge < -0.3 is 0 Å². The van der Waals surface area contributed by atoms with Crippen molar-refractivity contribution in [2.45, 2.75) is 52.4 Å². The number of aryl methyl sites for hydroxylation is 2. The van der Waals surface area contributed by atoms with Crippen molar-refractivity contribution in [1.29, 1.82) is 0 Å². The highest BCUT2D eigenvalue weighted by Gasteiger charge is 2.46. The molecule has 0 amide bonds. The van der Waals surface area contributed by atoms with Crippen LogP contribution in [0, 0.1) is 26.0 Å². The molecule has 2 heterocycles. The number of para-hydroxylation sites is 1. The third kappa shape index (κ3) is 2.13. The van der Waals surface area contributed by atoms with Crippen LogP contribution in [0.4, 0.5) is 4.39 Å². The predicted molar refractivity (Wildman–Crippen MR) is 102 cm³/mol. The second-order valence-corrected chi connectivity index (χ2v) is 8.47. The van der Waals surface area contributed by atoms with Crippen LogP contribution < -0.4 is 4.57 Å². The van der Waals surface area contributed by atoms with E-state index in [1.807, 2.05) is 6.07 Å². The van der Waals surface area contributed by atoms with E-state index in [-0.39, 0.29) is 16.6 Å². The van der Waals surface area contributed by atoms with E-state index in [1.165, 1.54) is 22.9 Å². The Morgan fingerprint density at radius 1 is 0.962 bits per heavy atom. The maximum absolute atomic E-state index is 14.0. The quantitative estimate of drug-likeness (QED) is 0.438. The molecule has 0 fully saturated rings. The zero-order chi connectivity index (χ0) is 18.9. The lowest BCUT2D eigenvalue weighted by Gasteiger charge is -2.47. The molecule has 3 aromatic rings. The average Bonchev–Trinajstić information content (AvgIpc) is 2.99. The van der Waals surface area contributed by atoms with Gasteiger partial charge in [-0.25, -0.2) is 4.39 Å². The van der Waals surface area contributed by atoms with E-state index in [4.69, 9.17) is 0 Å². The summed E-state index contributed by atoms with van der Waals surface area (Å²) in [5.74, 6) is -0.189. The first-order valence-corrected chi connectivity index (χ1v) is 9.09. The van der Waals surface area contributed by atoms with Crippen molar-refractivity contribution in [3.8, 4) is 11.4 Å². The van der Waals surface area contributed by atoms with E-state index in [0.717, 1.165) is 16.9 Å². The van der Waals surface area contributed by atoms with Gasteiger partial charge in [-0.1, -0.05) is 45.9 Å². The van der Waals surface area contributed by atoms with Gasteiger partial charge in [0.25, 0.3) is 6.33 Å². The minimum atomic E-state index is -0.203. The Kier molecular flexibility index (Phi) is 3.46. The first-order valence-electron chi connectivity index (χ1n) is 9.09. The molecule has 26 heavy (non-hydrogen) atoms. The van der Waals surface area contributed by atoms with Gasteiger partial charge in [0.05, 0.1) is 17.1 Å². The van der Waals surface area contributed by atoms with Gasteiger partial charge in [0.1, 0.15) is 5.82 Å². The van der Waals surface area contributed by atoms with Crippen molar-refractivity contribution in [3.05, 3.63) is 77.1 Å². The fourth-order valence-electron chi connectivity index (χ4n) is 4.16. The summed E-state index contributed by atoms with van der Waals surface area (Å²) < 4.78 is 18.2. The molecule has 0 atom stereocenters. The molecule has 3 heteroatoms. The van der Waals surface area contributed by atoms with Crippen LogP contribution in [0.25, 0.3) is 11.4 Å². The number of hydrogen-bond acceptors (Lipinski definition) is 0. The maximum Gasteiger partial charge on any atom is 0.269 e. The fraction of sp³-hybridized carbons (Fsp3) is 0.348. The number of nitrogens with zero attached hydrogens (tertiary/aromatic N) is 2. The predicted octanol–water partition coefficient (Wildman–Crippen LogP) is 4.88. The van der Waals surface area contributed by atoms with Crippen LogP contribution in [-0.4, -0.2) is 4.57 Å². The lowest BCUT2D eigenvalue weighted by molar-refractivity contribution is -0.617. The van der Waals surface area contributed by atoms with Crippen molar-refractivity contribution in [3.63, 3.8) is 0 Å². The Morgan fingerprint density at radius 2 is 1.62 bits per heavy atom. The van der Waals surface area contributed by atoms with Gasteiger partial charge in [-0.2, -0.15) is 0 Å². The zero-order valence-corrected chi connectivity index (χ0v) is 16.3. The second kappa shape index (κ2) is 5.29. The monoisotopic (exact) mass is 348 g/mol. The van der Waals surface area contributed by atoms with E-state index in [1.54, 1.807) is 6.07 Å². The molecule has 0 radical (unpaired) electrons. The highest BCUT2D eigenvalue weighted by molar-refractivity contribution is 5.49. The molecular formula is C23H25FN2. The zero-order valence-electron chi connectivity index (χ0n) is 16.3. The van der Waals surface area contributed by atoms with Crippen molar-refractivity contribution >= 4 is 0 Å². The largest absolute Gasteiger partial charge is 0.298 e. The van der Waals surface area contributed by atoms with E-state index < -0.39 is 0 Å². The number of aromatic nitrogens is 2. The molecule has 1 aliphatic rings. The number of halogens is 1. The maximum atomic E-state index is 14.0. The molecule has 134 valence electrons. The van der Waals surface area contributed by atoms with Gasteiger partial charge in [0.15, 0.2) is 0 Å². The summed E-state index contributed by atoms with van der Waals surface area (Å²) >= 11 is 0. The van der Waals surface area contributed by atoms with E-state index in [2.05, 4.69) is 81.4 Å². The van der Waals surface area contributed by atoms with E-state index >= 15 is 0 Å². The topological polar surface area (TPSA) is 8.81 Å². The first kappa shape index (κ1) is 17.0. The Bertz CT molecular complexity index is 1000. The molecule has 1 aromatic heterocycles. The minimum absolute atomic E-state index is 0.174. The van der Waals surface area contributed by atoms with Crippen molar-refractivity contribution in [2.75, 3.05) is 0 Å². The Morgan fingerprint density at radius 3 is 2.27 bits per heavy atom. The van der Waals surface area contributed by atoms with Gasteiger partial charge in [-0.05, 0) is 54.2 Å². The van der Waals surface area contributed by atoms with Gasteiger partial charge in [0.2, 0.25) is 0 Å². The van der Waals surface area contributed by atoms with Gasteiger partial charge in [-0.15, -0.1) is 0 Å². The molecule has 0 unspecified atom stereocenters. The third-order valence-corrected chi connectivity index (χ3v) is 6.46. The number of fused-ring (bicyclic) bond motifs is 3. The molecule has 0 saturated heterocycles. The SMILES string of the molecule is Cc1cccc(C)c1-n1[c-][n+]2c(c1)C(C)(C)C(C)(C)c1cc(F)ccc1-2. The number of imidazole rings is 1. The average molecular weight is 348 g/mol. The van der Waals surface area contributed by atoms with E-state index in [9.17, 15) is 4.39 Å². The van der Waals surface area contributed by atoms with Gasteiger partial charge >= 0.3 is 0 Å². The molecule has 0 aliphatic carbocycles. The first-order chi connectivity index (χ1) is 12.1. The Balaban J connectivity index is 2.04. The molecule has 2 nitrogen and oxygen atoms in total. The molecule has 0 N–H and O–H groups in total. The van der Waals surface area contributed by atoms with Crippen LogP contribution in [0.1, 0.15) is 50.1 Å². The second-order valence-electron chi connectivity index (χ2n) is 8.47. The number of hydrogen-bond donors (Lipinski definition) is 0. The highest BCUT2D eigenvalue weighted by atomic mass is 19.1. The van der Waals surface area contributed by atoms with Crippen molar-refractivity contribution < 1.29 is 8.96 Å². The molecule has 0 spiro atoms. The lowest BCUT2D eigenvalue weighted by Crippen LogP contribution is -2.54. The van der Waals surface area contributed by atoms with Crippen LogP contribution >= 0.6 is 0 Å². The summed E-state index contributed by atoms with van der Waals surface area (Å²) in [6, 6.07) is 11.4. The summed E-state index contributed by atoms with van der Waals surface area (Å²) in [6.07, 6.45) is 5.70. The smallest absolute Gasteiger partial charge is 0.269 e. The third-order valence-electron chi connectivity index (χ3n) is 6.46. The Hall–Kier alpha value is -2.42. The summed E-state index contributed by atoms with van der Waals surface area (Å²) in [4.78, 5) is 0. The normalized spacial score (nSPS) is 16.9. The standard InChI is InChI=1S/C23H25FN2/c1-15-8-7-9-16(2)21(15)25-13-20-23(5,6)22(3,4)18-12-17(24)10-11-19(18)26(20)14-25/h7-13H,1-6H3. The molecule has 4 rings (SSSR count). The molecule has 2 aromatic carbocycles. The lowest BCUT2D eigenvalue weighted by atomic mass is 9.60. The highest BCUT2D eigenvalue weighted by Crippen LogP contribution is 2.47. The number of rotatable bonds is 1. The summed E-state index contributed by atoms with van der Waals surface area (Å²) in [5.41, 5.74) is 6.43. The summed E-state index contributed by atoms with van der Waals surface area (Å²) in [6.45, 7) is 13.1. The molecule has 1 aliphatic heterocycles.